The number of morpholine rings is 1. The fourth-order valence-electron chi connectivity index (χ4n) is 4.49. The summed E-state index contributed by atoms with van der Waals surface area (Å²) in [5.74, 6) is 0.135. The molecule has 33 heavy (non-hydrogen) atoms. The lowest BCUT2D eigenvalue weighted by molar-refractivity contribution is 0.122. The number of benzene rings is 1. The molecule has 8 heteroatoms. The van der Waals surface area contributed by atoms with E-state index < -0.39 is 0 Å². The van der Waals surface area contributed by atoms with Gasteiger partial charge in [0.25, 0.3) is 0 Å². The zero-order chi connectivity index (χ0) is 22.4. The molecule has 8 nitrogen and oxygen atoms in total. The van der Waals surface area contributed by atoms with Gasteiger partial charge in [0, 0.05) is 55.0 Å². The van der Waals surface area contributed by atoms with Crippen molar-refractivity contribution in [3.63, 3.8) is 0 Å². The van der Waals surface area contributed by atoms with Crippen LogP contribution in [0.3, 0.4) is 0 Å². The zero-order valence-corrected chi connectivity index (χ0v) is 18.7. The molecule has 1 saturated heterocycles. The third-order valence-corrected chi connectivity index (χ3v) is 6.43. The number of aryl methyl sites for hydroxylation is 1. The van der Waals surface area contributed by atoms with Crippen LogP contribution >= 0.6 is 0 Å². The van der Waals surface area contributed by atoms with Crippen LogP contribution in [0.2, 0.25) is 0 Å². The predicted molar refractivity (Wildman–Crippen MR) is 127 cm³/mol. The van der Waals surface area contributed by atoms with Gasteiger partial charge in [-0.3, -0.25) is 9.67 Å². The first-order chi connectivity index (χ1) is 16.2. The maximum atomic E-state index is 5.49. The minimum atomic E-state index is 0.135. The first-order valence-electron chi connectivity index (χ1n) is 11.2. The summed E-state index contributed by atoms with van der Waals surface area (Å²) in [6.07, 6.45) is 9.65. The van der Waals surface area contributed by atoms with Gasteiger partial charge in [-0.15, -0.1) is 0 Å². The van der Waals surface area contributed by atoms with Gasteiger partial charge >= 0.3 is 0 Å². The summed E-state index contributed by atoms with van der Waals surface area (Å²) in [6.45, 7) is 5.53. The van der Waals surface area contributed by atoms with Crippen molar-refractivity contribution >= 4 is 22.2 Å². The van der Waals surface area contributed by atoms with Crippen molar-refractivity contribution in [2.45, 2.75) is 12.8 Å². The standard InChI is InChI=1S/C25H25N7O/c1-17(22-15-28-32-6-5-24(29-25(22)32)20-13-27-30(2)16-20)18-3-4-23-19(11-18)12-21(14-26-23)31-7-9-33-10-8-31/h3-6,11-17H,7-10H2,1-2H3/t17-/m1/s1. The van der Waals surface area contributed by atoms with Crippen LogP contribution in [0.1, 0.15) is 24.0 Å². The Hall–Kier alpha value is -3.78. The highest BCUT2D eigenvalue weighted by molar-refractivity contribution is 5.83. The summed E-state index contributed by atoms with van der Waals surface area (Å²) in [4.78, 5) is 12.0. The Kier molecular flexibility index (Phi) is 4.80. The first kappa shape index (κ1) is 19.9. The Morgan fingerprint density at radius 1 is 1.00 bits per heavy atom. The van der Waals surface area contributed by atoms with Gasteiger partial charge in [0.2, 0.25) is 0 Å². The van der Waals surface area contributed by atoms with Crippen LogP contribution in [0.4, 0.5) is 5.69 Å². The second kappa shape index (κ2) is 7.97. The second-order valence-corrected chi connectivity index (χ2v) is 8.55. The minimum Gasteiger partial charge on any atom is -0.378 e. The number of rotatable bonds is 4. The summed E-state index contributed by atoms with van der Waals surface area (Å²) in [5, 5.41) is 9.96. The maximum Gasteiger partial charge on any atom is 0.159 e. The van der Waals surface area contributed by atoms with E-state index in [0.29, 0.717) is 0 Å². The molecule has 0 bridgehead atoms. The van der Waals surface area contributed by atoms with E-state index in [1.54, 1.807) is 4.68 Å². The molecule has 0 saturated carbocycles. The number of hydrogen-bond donors (Lipinski definition) is 0. The highest BCUT2D eigenvalue weighted by Crippen LogP contribution is 2.31. The van der Waals surface area contributed by atoms with Gasteiger partial charge in [0.1, 0.15) is 0 Å². The Bertz CT molecular complexity index is 1450. The van der Waals surface area contributed by atoms with E-state index in [1.807, 2.05) is 48.6 Å². The van der Waals surface area contributed by atoms with Gasteiger partial charge in [-0.1, -0.05) is 13.0 Å². The van der Waals surface area contributed by atoms with Crippen molar-refractivity contribution < 1.29 is 4.74 Å². The normalized spacial score (nSPS) is 15.4. The van der Waals surface area contributed by atoms with Crippen molar-refractivity contribution in [1.29, 1.82) is 0 Å². The van der Waals surface area contributed by atoms with E-state index in [0.717, 1.165) is 65.4 Å². The number of nitrogens with zero attached hydrogens (tertiary/aromatic N) is 7. The summed E-state index contributed by atoms with van der Waals surface area (Å²) < 4.78 is 9.12. The smallest absolute Gasteiger partial charge is 0.159 e. The quantitative estimate of drug-likeness (QED) is 0.426. The number of ether oxygens (including phenoxy) is 1. The largest absolute Gasteiger partial charge is 0.378 e. The summed E-state index contributed by atoms with van der Waals surface area (Å²) in [5.41, 5.74) is 7.21. The molecule has 0 radical (unpaired) electrons. The van der Waals surface area contributed by atoms with Gasteiger partial charge in [-0.2, -0.15) is 10.2 Å². The average molecular weight is 440 g/mol. The van der Waals surface area contributed by atoms with Crippen molar-refractivity contribution in [2.75, 3.05) is 31.2 Å². The lowest BCUT2D eigenvalue weighted by Gasteiger charge is -2.28. The van der Waals surface area contributed by atoms with Crippen LogP contribution in [0.5, 0.6) is 0 Å². The Balaban J connectivity index is 1.37. The molecular weight excluding hydrogens is 414 g/mol. The molecule has 1 atom stereocenters. The van der Waals surface area contributed by atoms with E-state index in [2.05, 4.69) is 46.3 Å². The van der Waals surface area contributed by atoms with Crippen LogP contribution in [-0.2, 0) is 11.8 Å². The molecule has 0 amide bonds. The predicted octanol–water partition coefficient (Wildman–Crippen LogP) is 3.67. The number of fused-ring (bicyclic) bond motifs is 2. The van der Waals surface area contributed by atoms with Crippen molar-refractivity contribution in [2.24, 2.45) is 7.05 Å². The van der Waals surface area contributed by atoms with Gasteiger partial charge in [0.05, 0.1) is 48.7 Å². The third kappa shape index (κ3) is 3.62. The molecule has 5 aromatic rings. The molecule has 1 fully saturated rings. The third-order valence-electron chi connectivity index (χ3n) is 6.43. The Labute approximate surface area is 191 Å². The van der Waals surface area contributed by atoms with Crippen LogP contribution in [-0.4, -0.2) is 55.7 Å². The fraction of sp³-hybridized carbons (Fsp3) is 0.280. The van der Waals surface area contributed by atoms with Gasteiger partial charge in [-0.05, 0) is 29.8 Å². The lowest BCUT2D eigenvalue weighted by Crippen LogP contribution is -2.36. The molecule has 4 aromatic heterocycles. The molecule has 0 N–H and O–H groups in total. The van der Waals surface area contributed by atoms with Crippen LogP contribution < -0.4 is 4.90 Å². The number of anilines is 1. The van der Waals surface area contributed by atoms with E-state index in [1.165, 1.54) is 5.56 Å². The van der Waals surface area contributed by atoms with Gasteiger partial charge in [-0.25, -0.2) is 9.50 Å². The van der Waals surface area contributed by atoms with E-state index in [4.69, 9.17) is 14.7 Å². The maximum absolute atomic E-state index is 5.49. The van der Waals surface area contributed by atoms with Gasteiger partial charge in [0.15, 0.2) is 5.65 Å². The molecule has 1 aliphatic rings. The molecular formula is C25H25N7O. The molecule has 0 unspecified atom stereocenters. The fourth-order valence-corrected chi connectivity index (χ4v) is 4.49. The number of pyridine rings is 1. The molecule has 6 rings (SSSR count). The average Bonchev–Trinajstić information content (AvgIpc) is 3.49. The van der Waals surface area contributed by atoms with Crippen molar-refractivity contribution in [3.05, 3.63) is 72.4 Å². The van der Waals surface area contributed by atoms with Gasteiger partial charge < -0.3 is 9.64 Å². The molecule has 5 heterocycles. The summed E-state index contributed by atoms with van der Waals surface area (Å²) in [7, 11) is 1.91. The van der Waals surface area contributed by atoms with Crippen LogP contribution in [0, 0.1) is 0 Å². The second-order valence-electron chi connectivity index (χ2n) is 8.55. The molecule has 0 aliphatic carbocycles. The number of hydrogen-bond acceptors (Lipinski definition) is 6. The Morgan fingerprint density at radius 2 is 1.88 bits per heavy atom. The SMILES string of the molecule is C[C@H](c1ccc2ncc(N3CCOCC3)cc2c1)c1cnn2ccc(-c3cnn(C)c3)nc12. The van der Waals surface area contributed by atoms with Crippen molar-refractivity contribution in [1.82, 2.24) is 29.4 Å². The molecule has 1 aliphatic heterocycles. The first-order valence-corrected chi connectivity index (χ1v) is 11.2. The van der Waals surface area contributed by atoms with E-state index in [9.17, 15) is 0 Å². The van der Waals surface area contributed by atoms with E-state index in [-0.39, 0.29) is 5.92 Å². The van der Waals surface area contributed by atoms with Crippen LogP contribution in [0.15, 0.2) is 61.3 Å². The highest BCUT2D eigenvalue weighted by Gasteiger charge is 2.18. The molecule has 1 aromatic carbocycles. The molecule has 166 valence electrons. The highest BCUT2D eigenvalue weighted by atomic mass is 16.5. The van der Waals surface area contributed by atoms with Crippen molar-refractivity contribution in [3.8, 4) is 11.3 Å². The summed E-state index contributed by atoms with van der Waals surface area (Å²) in [6, 6.07) is 10.7. The zero-order valence-electron chi connectivity index (χ0n) is 18.7. The Morgan fingerprint density at radius 3 is 2.70 bits per heavy atom. The van der Waals surface area contributed by atoms with Crippen LogP contribution in [0.25, 0.3) is 27.8 Å². The minimum absolute atomic E-state index is 0.135. The topological polar surface area (TPSA) is 73.4 Å². The lowest BCUT2D eigenvalue weighted by atomic mass is 9.94. The summed E-state index contributed by atoms with van der Waals surface area (Å²) >= 11 is 0. The van der Waals surface area contributed by atoms with E-state index >= 15 is 0 Å². The molecule has 0 spiro atoms. The monoisotopic (exact) mass is 439 g/mol. The number of aromatic nitrogens is 6.